The molecule has 33 heavy (non-hydrogen) atoms. The molecule has 166 valence electrons. The van der Waals surface area contributed by atoms with Crippen molar-refractivity contribution in [3.05, 3.63) is 95.8 Å². The summed E-state index contributed by atoms with van der Waals surface area (Å²) in [5, 5.41) is 7.39. The first-order chi connectivity index (χ1) is 15.9. The third-order valence-electron chi connectivity index (χ3n) is 5.30. The van der Waals surface area contributed by atoms with Gasteiger partial charge in [-0.2, -0.15) is 0 Å². The van der Waals surface area contributed by atoms with Gasteiger partial charge in [0, 0.05) is 18.3 Å². The van der Waals surface area contributed by atoms with Crippen molar-refractivity contribution in [1.29, 1.82) is 0 Å². The van der Waals surface area contributed by atoms with E-state index < -0.39 is 5.91 Å². The van der Waals surface area contributed by atoms with Gasteiger partial charge in [0.05, 0.1) is 12.2 Å². The summed E-state index contributed by atoms with van der Waals surface area (Å²) >= 11 is 0. The molecule has 7 heteroatoms. The largest absolute Gasteiger partial charge is 0.330 e. The first kappa shape index (κ1) is 22.0. The van der Waals surface area contributed by atoms with Gasteiger partial charge in [0.15, 0.2) is 5.82 Å². The molecule has 0 aliphatic rings. The number of benzene rings is 3. The van der Waals surface area contributed by atoms with E-state index in [0.717, 1.165) is 28.1 Å². The number of aromatic nitrogens is 3. The van der Waals surface area contributed by atoms with Crippen LogP contribution in [0, 0.1) is 13.8 Å². The van der Waals surface area contributed by atoms with E-state index in [1.807, 2.05) is 92.7 Å². The van der Waals surface area contributed by atoms with Crippen molar-refractivity contribution in [1.82, 2.24) is 19.7 Å². The molecule has 0 saturated heterocycles. The van der Waals surface area contributed by atoms with Crippen molar-refractivity contribution < 1.29 is 9.59 Å². The first-order valence-corrected chi connectivity index (χ1v) is 10.6. The van der Waals surface area contributed by atoms with E-state index in [1.165, 1.54) is 4.90 Å². The fraction of sp³-hybridized carbons (Fsp3) is 0.154. The Kier molecular flexibility index (Phi) is 6.31. The van der Waals surface area contributed by atoms with Gasteiger partial charge in [-0.25, -0.2) is 9.67 Å². The van der Waals surface area contributed by atoms with Gasteiger partial charge in [-0.05, 0) is 37.1 Å². The van der Waals surface area contributed by atoms with Gasteiger partial charge in [0.25, 0.3) is 5.91 Å². The van der Waals surface area contributed by atoms with Crippen LogP contribution in [0.3, 0.4) is 0 Å². The van der Waals surface area contributed by atoms with Crippen molar-refractivity contribution in [2.45, 2.75) is 13.8 Å². The normalized spacial score (nSPS) is 10.6. The number of hydrogen-bond acceptors (Lipinski definition) is 4. The maximum atomic E-state index is 13.1. The molecule has 0 spiro atoms. The van der Waals surface area contributed by atoms with Crippen molar-refractivity contribution in [2.24, 2.45) is 0 Å². The molecular weight excluding hydrogens is 414 g/mol. The molecule has 0 radical (unpaired) electrons. The lowest BCUT2D eigenvalue weighted by Crippen LogP contribution is -2.35. The zero-order valence-corrected chi connectivity index (χ0v) is 18.8. The van der Waals surface area contributed by atoms with Gasteiger partial charge in [-0.1, -0.05) is 66.7 Å². The molecule has 0 unspecified atom stereocenters. The molecule has 1 N–H and O–H groups in total. The molecular formula is C26H25N5O2. The number of carbonyl (C=O) groups excluding carboxylic acids is 2. The molecule has 0 bridgehead atoms. The van der Waals surface area contributed by atoms with Gasteiger partial charge >= 0.3 is 0 Å². The molecule has 3 aromatic carbocycles. The molecule has 0 aliphatic carbocycles. The van der Waals surface area contributed by atoms with Crippen LogP contribution in [0.5, 0.6) is 0 Å². The molecule has 0 aliphatic heterocycles. The summed E-state index contributed by atoms with van der Waals surface area (Å²) in [6.07, 6.45) is 0. The second-order valence-electron chi connectivity index (χ2n) is 7.85. The Morgan fingerprint density at radius 3 is 2.12 bits per heavy atom. The number of anilines is 1. The number of para-hydroxylation sites is 2. The fourth-order valence-electron chi connectivity index (χ4n) is 3.57. The van der Waals surface area contributed by atoms with E-state index in [4.69, 9.17) is 0 Å². The van der Waals surface area contributed by atoms with Gasteiger partial charge in [0.1, 0.15) is 0 Å². The number of aryl methyl sites for hydroxylation is 2. The van der Waals surface area contributed by atoms with Gasteiger partial charge in [0.2, 0.25) is 11.7 Å². The van der Waals surface area contributed by atoms with E-state index in [9.17, 15) is 9.59 Å². The van der Waals surface area contributed by atoms with E-state index in [2.05, 4.69) is 15.4 Å². The Balaban J connectivity index is 1.57. The topological polar surface area (TPSA) is 80.1 Å². The van der Waals surface area contributed by atoms with Gasteiger partial charge in [-0.3, -0.25) is 9.59 Å². The first-order valence-electron chi connectivity index (χ1n) is 10.6. The third kappa shape index (κ3) is 4.82. The van der Waals surface area contributed by atoms with Crippen molar-refractivity contribution >= 4 is 17.5 Å². The zero-order chi connectivity index (χ0) is 23.4. The molecule has 2 amide bonds. The maximum Gasteiger partial charge on any atom is 0.293 e. The lowest BCUT2D eigenvalue weighted by atomic mass is 10.1. The van der Waals surface area contributed by atoms with Crippen molar-refractivity contribution in [3.8, 4) is 17.1 Å². The van der Waals surface area contributed by atoms with Crippen LogP contribution in [0.15, 0.2) is 78.9 Å². The molecule has 4 aromatic rings. The highest BCUT2D eigenvalue weighted by Crippen LogP contribution is 2.22. The highest BCUT2D eigenvalue weighted by atomic mass is 16.2. The molecule has 0 fully saturated rings. The summed E-state index contributed by atoms with van der Waals surface area (Å²) in [5.41, 5.74) is 4.32. The minimum Gasteiger partial charge on any atom is -0.330 e. The Hall–Kier alpha value is -4.26. The summed E-state index contributed by atoms with van der Waals surface area (Å²) in [5.74, 6) is -0.133. The van der Waals surface area contributed by atoms with E-state index in [0.29, 0.717) is 5.82 Å². The Labute approximate surface area is 192 Å². The molecule has 4 rings (SSSR count). The second kappa shape index (κ2) is 9.48. The number of hydrogen-bond donors (Lipinski definition) is 1. The van der Waals surface area contributed by atoms with Crippen LogP contribution in [0.25, 0.3) is 17.1 Å². The summed E-state index contributed by atoms with van der Waals surface area (Å²) in [6, 6.07) is 24.9. The quantitative estimate of drug-likeness (QED) is 0.487. The standard InChI is InChI=1S/C26H25N5O2/c1-18-11-10-12-19(2)23(18)27-22(32)17-30(3)26(33)24-28-25(20-13-6-4-7-14-20)31(29-24)21-15-8-5-9-16-21/h4-16H,17H2,1-3H3,(H,27,32). The van der Waals surface area contributed by atoms with Crippen LogP contribution in [0.2, 0.25) is 0 Å². The lowest BCUT2D eigenvalue weighted by Gasteiger charge is -2.16. The van der Waals surface area contributed by atoms with Gasteiger partial charge in [-0.15, -0.1) is 5.10 Å². The second-order valence-corrected chi connectivity index (χ2v) is 7.85. The smallest absolute Gasteiger partial charge is 0.293 e. The van der Waals surface area contributed by atoms with Crippen LogP contribution in [0.4, 0.5) is 5.69 Å². The lowest BCUT2D eigenvalue weighted by molar-refractivity contribution is -0.116. The molecule has 0 atom stereocenters. The molecule has 1 aromatic heterocycles. The molecule has 7 nitrogen and oxygen atoms in total. The van der Waals surface area contributed by atoms with Crippen molar-refractivity contribution in [3.63, 3.8) is 0 Å². The highest BCUT2D eigenvalue weighted by molar-refractivity contribution is 5.98. The van der Waals surface area contributed by atoms with Crippen LogP contribution in [-0.2, 0) is 4.79 Å². The average Bonchev–Trinajstić information content (AvgIpc) is 3.28. The number of likely N-dealkylation sites (N-methyl/N-ethyl adjacent to an activating group) is 1. The van der Waals surface area contributed by atoms with E-state index >= 15 is 0 Å². The maximum absolute atomic E-state index is 13.1. The predicted octanol–water partition coefficient (Wildman–Crippen LogP) is 4.26. The van der Waals surface area contributed by atoms with E-state index in [-0.39, 0.29) is 18.3 Å². The summed E-state index contributed by atoms with van der Waals surface area (Å²) in [7, 11) is 1.57. The van der Waals surface area contributed by atoms with Gasteiger partial charge < -0.3 is 10.2 Å². The number of rotatable bonds is 6. The predicted molar refractivity (Wildman–Crippen MR) is 128 cm³/mol. The van der Waals surface area contributed by atoms with Crippen LogP contribution < -0.4 is 5.32 Å². The van der Waals surface area contributed by atoms with Crippen LogP contribution >= 0.6 is 0 Å². The Bertz CT molecular complexity index is 1210. The number of nitrogens with one attached hydrogen (secondary N) is 1. The molecule has 0 saturated carbocycles. The monoisotopic (exact) mass is 439 g/mol. The minimum absolute atomic E-state index is 0.0279. The SMILES string of the molecule is Cc1cccc(C)c1NC(=O)CN(C)C(=O)c1nc(-c2ccccc2)n(-c2ccccc2)n1. The number of carbonyl (C=O) groups is 2. The summed E-state index contributed by atoms with van der Waals surface area (Å²) in [4.78, 5) is 31.6. The van der Waals surface area contributed by atoms with Crippen LogP contribution in [-0.4, -0.2) is 45.1 Å². The van der Waals surface area contributed by atoms with Crippen LogP contribution in [0.1, 0.15) is 21.7 Å². The van der Waals surface area contributed by atoms with E-state index in [1.54, 1.807) is 11.7 Å². The Morgan fingerprint density at radius 1 is 0.879 bits per heavy atom. The summed E-state index contributed by atoms with van der Waals surface area (Å²) < 4.78 is 1.65. The van der Waals surface area contributed by atoms with Crippen molar-refractivity contribution in [2.75, 3.05) is 18.9 Å². The third-order valence-corrected chi connectivity index (χ3v) is 5.30. The summed E-state index contributed by atoms with van der Waals surface area (Å²) in [6.45, 7) is 3.75. The number of amides is 2. The average molecular weight is 440 g/mol. The fourth-order valence-corrected chi connectivity index (χ4v) is 3.57. The molecule has 1 heterocycles. The minimum atomic E-state index is -0.432. The highest BCUT2D eigenvalue weighted by Gasteiger charge is 2.23. The zero-order valence-electron chi connectivity index (χ0n) is 18.8. The Morgan fingerprint density at radius 2 is 1.48 bits per heavy atom. The number of nitrogens with zero attached hydrogens (tertiary/aromatic N) is 4.